The number of carbonyl (C=O) groups is 1. The second-order valence-electron chi connectivity index (χ2n) is 6.89. The molecular formula is C21H20ClNO3. The summed E-state index contributed by atoms with van der Waals surface area (Å²) >= 11 is 6.26. The third-order valence-corrected chi connectivity index (χ3v) is 5.15. The number of methoxy groups -OCH3 is 1. The van der Waals surface area contributed by atoms with Gasteiger partial charge in [-0.25, -0.2) is 4.79 Å². The summed E-state index contributed by atoms with van der Waals surface area (Å²) in [6, 6.07) is 7.64. The molecule has 0 bridgehead atoms. The maximum absolute atomic E-state index is 11.9. The van der Waals surface area contributed by atoms with Crippen LogP contribution in [0.3, 0.4) is 0 Å². The second-order valence-corrected chi connectivity index (χ2v) is 7.30. The summed E-state index contributed by atoms with van der Waals surface area (Å²) in [4.78, 5) is 16.3. The minimum Gasteiger partial charge on any atom is -0.492 e. The fourth-order valence-electron chi connectivity index (χ4n) is 3.23. The van der Waals surface area contributed by atoms with Crippen LogP contribution >= 0.6 is 11.6 Å². The van der Waals surface area contributed by atoms with Crippen molar-refractivity contribution in [2.24, 2.45) is 5.92 Å². The summed E-state index contributed by atoms with van der Waals surface area (Å²) in [7, 11) is 1.40. The van der Waals surface area contributed by atoms with E-state index in [9.17, 15) is 4.79 Å². The Kier molecular flexibility index (Phi) is 4.68. The van der Waals surface area contributed by atoms with E-state index in [1.165, 1.54) is 25.5 Å². The van der Waals surface area contributed by atoms with Crippen molar-refractivity contribution in [1.29, 1.82) is 0 Å². The number of aromatic nitrogens is 1. The maximum Gasteiger partial charge on any atom is 0.338 e. The van der Waals surface area contributed by atoms with E-state index >= 15 is 0 Å². The van der Waals surface area contributed by atoms with Crippen molar-refractivity contribution in [2.45, 2.75) is 25.7 Å². The molecule has 2 aliphatic rings. The first-order chi connectivity index (χ1) is 12.6. The quantitative estimate of drug-likeness (QED) is 0.704. The minimum atomic E-state index is -0.319. The highest BCUT2D eigenvalue weighted by atomic mass is 35.5. The van der Waals surface area contributed by atoms with E-state index in [1.54, 1.807) is 12.3 Å². The highest BCUT2D eigenvalue weighted by molar-refractivity contribution is 6.32. The summed E-state index contributed by atoms with van der Waals surface area (Å²) in [6.45, 7) is 0.740. The molecule has 0 spiro atoms. The van der Waals surface area contributed by atoms with E-state index in [0.717, 1.165) is 35.6 Å². The number of pyridine rings is 1. The predicted molar refractivity (Wildman–Crippen MR) is 101 cm³/mol. The van der Waals surface area contributed by atoms with Gasteiger partial charge in [-0.3, -0.25) is 4.98 Å². The number of benzene rings is 1. The topological polar surface area (TPSA) is 48.4 Å². The monoisotopic (exact) mass is 369 g/mol. The lowest BCUT2D eigenvalue weighted by Gasteiger charge is -2.10. The van der Waals surface area contributed by atoms with Gasteiger partial charge in [0.05, 0.1) is 30.0 Å². The van der Waals surface area contributed by atoms with E-state index in [0.29, 0.717) is 22.9 Å². The van der Waals surface area contributed by atoms with Gasteiger partial charge in [0.1, 0.15) is 5.75 Å². The Bertz CT molecular complexity index is 887. The third kappa shape index (κ3) is 3.61. The van der Waals surface area contributed by atoms with Crippen LogP contribution in [0.5, 0.6) is 5.75 Å². The zero-order valence-electron chi connectivity index (χ0n) is 14.6. The highest BCUT2D eigenvalue weighted by Crippen LogP contribution is 2.34. The van der Waals surface area contributed by atoms with Crippen molar-refractivity contribution in [3.8, 4) is 5.75 Å². The molecule has 0 radical (unpaired) electrons. The van der Waals surface area contributed by atoms with Gasteiger partial charge in [0, 0.05) is 6.20 Å². The van der Waals surface area contributed by atoms with Crippen molar-refractivity contribution in [1.82, 2.24) is 4.98 Å². The van der Waals surface area contributed by atoms with E-state index < -0.39 is 0 Å². The smallest absolute Gasteiger partial charge is 0.338 e. The lowest BCUT2D eigenvalue weighted by molar-refractivity contribution is 0.0599. The van der Waals surface area contributed by atoms with Crippen LogP contribution < -0.4 is 4.74 Å². The van der Waals surface area contributed by atoms with Crippen molar-refractivity contribution in [3.05, 3.63) is 63.4 Å². The molecule has 0 saturated heterocycles. The highest BCUT2D eigenvalue weighted by Gasteiger charge is 2.23. The zero-order valence-corrected chi connectivity index (χ0v) is 15.4. The Morgan fingerprint density at radius 1 is 1.31 bits per heavy atom. The van der Waals surface area contributed by atoms with Gasteiger partial charge < -0.3 is 9.47 Å². The van der Waals surface area contributed by atoms with E-state index in [-0.39, 0.29) is 5.97 Å². The SMILES string of the molecule is COC(=O)c1ccnc2c1CC(Cc1ccc(Cl)c(OCC3CC3)c1)=C2. The van der Waals surface area contributed by atoms with Gasteiger partial charge in [-0.1, -0.05) is 23.2 Å². The molecule has 0 amide bonds. The Morgan fingerprint density at radius 3 is 2.92 bits per heavy atom. The van der Waals surface area contributed by atoms with Crippen LogP contribution in [0.15, 0.2) is 36.0 Å². The normalized spacial score (nSPS) is 15.4. The lowest BCUT2D eigenvalue weighted by Crippen LogP contribution is -2.07. The Balaban J connectivity index is 1.50. The average molecular weight is 370 g/mol. The molecule has 2 aliphatic carbocycles. The second kappa shape index (κ2) is 7.12. The number of ether oxygens (including phenoxy) is 2. The van der Waals surface area contributed by atoms with Gasteiger partial charge in [0.15, 0.2) is 0 Å². The van der Waals surface area contributed by atoms with Gasteiger partial charge >= 0.3 is 5.97 Å². The number of allylic oxidation sites excluding steroid dienone is 1. The van der Waals surface area contributed by atoms with E-state index in [4.69, 9.17) is 21.1 Å². The van der Waals surface area contributed by atoms with Crippen LogP contribution in [0.1, 0.15) is 40.0 Å². The standard InChI is InChI=1S/C21H20ClNO3/c1-25-21(24)16-6-7-23-19-10-15(9-17(16)19)8-14-4-5-18(22)20(11-14)26-12-13-2-3-13/h4-7,10-11,13H,2-3,8-9,12H2,1H3. The summed E-state index contributed by atoms with van der Waals surface area (Å²) in [6.07, 6.45) is 7.68. The van der Waals surface area contributed by atoms with Gasteiger partial charge in [-0.05, 0) is 67.0 Å². The molecule has 1 aromatic carbocycles. The number of rotatable bonds is 6. The summed E-state index contributed by atoms with van der Waals surface area (Å²) in [5.41, 5.74) is 4.72. The average Bonchev–Trinajstić information content (AvgIpc) is 3.39. The number of hydrogen-bond donors (Lipinski definition) is 0. The summed E-state index contributed by atoms with van der Waals surface area (Å²) in [5.74, 6) is 1.12. The van der Waals surface area contributed by atoms with Crippen LogP contribution in [0, 0.1) is 5.92 Å². The summed E-state index contributed by atoms with van der Waals surface area (Å²) < 4.78 is 10.7. The van der Waals surface area contributed by atoms with Crippen molar-refractivity contribution < 1.29 is 14.3 Å². The van der Waals surface area contributed by atoms with Crippen LogP contribution in [-0.2, 0) is 17.6 Å². The molecule has 0 aliphatic heterocycles. The molecule has 1 saturated carbocycles. The van der Waals surface area contributed by atoms with Crippen LogP contribution in [0.25, 0.3) is 6.08 Å². The molecule has 0 unspecified atom stereocenters. The van der Waals surface area contributed by atoms with Gasteiger partial charge in [-0.2, -0.15) is 0 Å². The first kappa shape index (κ1) is 17.1. The molecular weight excluding hydrogens is 350 g/mol. The molecule has 4 nitrogen and oxygen atoms in total. The lowest BCUT2D eigenvalue weighted by atomic mass is 10.0. The van der Waals surface area contributed by atoms with Crippen molar-refractivity contribution in [3.63, 3.8) is 0 Å². The molecule has 0 atom stereocenters. The van der Waals surface area contributed by atoms with Crippen molar-refractivity contribution in [2.75, 3.05) is 13.7 Å². The van der Waals surface area contributed by atoms with Crippen LogP contribution in [0.4, 0.5) is 0 Å². The number of esters is 1. The molecule has 2 aromatic rings. The number of carbonyl (C=O) groups excluding carboxylic acids is 1. The van der Waals surface area contributed by atoms with Crippen LogP contribution in [0.2, 0.25) is 5.02 Å². The predicted octanol–water partition coefficient (Wildman–Crippen LogP) is 4.49. The Hall–Kier alpha value is -2.33. The van der Waals surface area contributed by atoms with Crippen molar-refractivity contribution >= 4 is 23.6 Å². The molecule has 134 valence electrons. The molecule has 0 N–H and O–H groups in total. The van der Waals surface area contributed by atoms with Gasteiger partial charge in [0.2, 0.25) is 0 Å². The largest absolute Gasteiger partial charge is 0.492 e. The number of nitrogens with zero attached hydrogens (tertiary/aromatic N) is 1. The van der Waals surface area contributed by atoms with E-state index in [2.05, 4.69) is 11.1 Å². The number of fused-ring (bicyclic) bond motifs is 1. The van der Waals surface area contributed by atoms with E-state index in [1.807, 2.05) is 18.2 Å². The van der Waals surface area contributed by atoms with Gasteiger partial charge in [0.25, 0.3) is 0 Å². The molecule has 1 heterocycles. The molecule has 1 fully saturated rings. The molecule has 1 aromatic heterocycles. The van der Waals surface area contributed by atoms with Crippen LogP contribution in [-0.4, -0.2) is 24.7 Å². The first-order valence-electron chi connectivity index (χ1n) is 8.81. The molecule has 4 rings (SSSR count). The fraction of sp³-hybridized carbons (Fsp3) is 0.333. The number of hydrogen-bond acceptors (Lipinski definition) is 4. The first-order valence-corrected chi connectivity index (χ1v) is 9.18. The Morgan fingerprint density at radius 2 is 2.15 bits per heavy atom. The minimum absolute atomic E-state index is 0.319. The zero-order chi connectivity index (χ0) is 18.1. The van der Waals surface area contributed by atoms with Gasteiger partial charge in [-0.15, -0.1) is 0 Å². The molecule has 5 heteroatoms. The Labute approximate surface area is 157 Å². The fourth-order valence-corrected chi connectivity index (χ4v) is 3.40. The number of halogens is 1. The summed E-state index contributed by atoms with van der Waals surface area (Å²) in [5, 5.41) is 0.646. The maximum atomic E-state index is 11.9. The molecule has 26 heavy (non-hydrogen) atoms. The third-order valence-electron chi connectivity index (χ3n) is 4.84.